The monoisotopic (exact) mass is 759 g/mol. The smallest absolute Gasteiger partial charge is 0.161 e. The fourth-order valence-corrected chi connectivity index (χ4v) is 9.18. The van der Waals surface area contributed by atoms with Gasteiger partial charge in [0.25, 0.3) is 0 Å². The van der Waals surface area contributed by atoms with Crippen LogP contribution in [-0.4, -0.2) is 0 Å². The highest BCUT2D eigenvalue weighted by Gasteiger charge is 2.42. The van der Waals surface area contributed by atoms with Crippen molar-refractivity contribution < 1.29 is 8.83 Å². The Balaban J connectivity index is 1.09. The molecular weight excluding hydrogens is 723 g/mol. The third kappa shape index (κ3) is 5.43. The molecule has 5 heteroatoms. The maximum absolute atomic E-state index is 7.04. The number of fused-ring (bicyclic) bond motifs is 7. The first-order valence-electron chi connectivity index (χ1n) is 20.1. The molecule has 2 unspecified atom stereocenters. The van der Waals surface area contributed by atoms with Crippen molar-refractivity contribution in [3.05, 3.63) is 217 Å². The zero-order valence-corrected chi connectivity index (χ0v) is 32.0. The Morgan fingerprint density at radius 1 is 0.441 bits per heavy atom. The highest BCUT2D eigenvalue weighted by atomic mass is 16.3. The quantitative estimate of drug-likeness (QED) is 0.175. The molecule has 280 valence electrons. The Morgan fingerprint density at radius 3 is 1.86 bits per heavy atom. The lowest BCUT2D eigenvalue weighted by Crippen LogP contribution is -2.57. The zero-order valence-electron chi connectivity index (χ0n) is 32.0. The molecule has 12 rings (SSSR count). The van der Waals surface area contributed by atoms with E-state index in [4.69, 9.17) is 8.83 Å². The van der Waals surface area contributed by atoms with Crippen LogP contribution in [0, 0.1) is 0 Å². The van der Waals surface area contributed by atoms with E-state index in [-0.39, 0.29) is 12.3 Å². The molecule has 0 bridgehead atoms. The number of para-hydroxylation sites is 2. The Bertz CT molecular complexity index is 3330. The van der Waals surface area contributed by atoms with Crippen LogP contribution < -0.4 is 15.1 Å². The molecule has 59 heavy (non-hydrogen) atoms. The van der Waals surface area contributed by atoms with Gasteiger partial charge in [0, 0.05) is 33.1 Å². The van der Waals surface area contributed by atoms with Gasteiger partial charge in [0.15, 0.2) is 5.58 Å². The van der Waals surface area contributed by atoms with Gasteiger partial charge in [-0.1, -0.05) is 152 Å². The number of furan rings is 2. The lowest BCUT2D eigenvalue weighted by molar-refractivity contribution is 0.279. The topological polar surface area (TPSA) is 44.8 Å². The minimum atomic E-state index is -0.144. The number of hydrogen-bond donors (Lipinski definition) is 1. The summed E-state index contributed by atoms with van der Waals surface area (Å²) in [6.45, 7) is 0. The maximum atomic E-state index is 7.04. The van der Waals surface area contributed by atoms with Gasteiger partial charge in [-0.2, -0.15) is 0 Å². The van der Waals surface area contributed by atoms with Crippen LogP contribution in [-0.2, 0) is 0 Å². The van der Waals surface area contributed by atoms with Crippen LogP contribution in [0.1, 0.15) is 23.5 Å². The Morgan fingerprint density at radius 2 is 1.07 bits per heavy atom. The highest BCUT2D eigenvalue weighted by Crippen LogP contribution is 2.52. The van der Waals surface area contributed by atoms with Crippen LogP contribution >= 0.6 is 0 Å². The first-order valence-corrected chi connectivity index (χ1v) is 20.1. The van der Waals surface area contributed by atoms with E-state index in [9.17, 15) is 0 Å². The summed E-state index contributed by atoms with van der Waals surface area (Å²) in [5.74, 6) is 0. The fraction of sp³-hybridized carbons (Fsp3) is 0.0370. The Hall–Kier alpha value is -7.60. The second kappa shape index (κ2) is 13.5. The van der Waals surface area contributed by atoms with Crippen molar-refractivity contribution in [2.75, 3.05) is 9.80 Å². The molecule has 0 radical (unpaired) electrons. The second-order valence-electron chi connectivity index (χ2n) is 15.3. The van der Waals surface area contributed by atoms with Crippen molar-refractivity contribution in [1.29, 1.82) is 0 Å². The van der Waals surface area contributed by atoms with Gasteiger partial charge >= 0.3 is 0 Å². The minimum Gasteiger partial charge on any atom is -0.456 e. The molecule has 2 aromatic heterocycles. The summed E-state index contributed by atoms with van der Waals surface area (Å²) in [6.07, 6.45) is -0.228. The van der Waals surface area contributed by atoms with E-state index in [0.717, 1.165) is 66.6 Å². The summed E-state index contributed by atoms with van der Waals surface area (Å²) in [7, 11) is 0. The van der Waals surface area contributed by atoms with Crippen LogP contribution in [0.2, 0.25) is 0 Å². The van der Waals surface area contributed by atoms with Crippen molar-refractivity contribution >= 4 is 77.4 Å². The summed E-state index contributed by atoms with van der Waals surface area (Å²) in [4.78, 5) is 4.86. The molecule has 0 spiro atoms. The molecule has 11 aromatic rings. The van der Waals surface area contributed by atoms with E-state index < -0.39 is 0 Å². The lowest BCUT2D eigenvalue weighted by atomic mass is 9.95. The molecule has 2 atom stereocenters. The Labute approximate surface area is 341 Å². The van der Waals surface area contributed by atoms with Gasteiger partial charge in [-0.3, -0.25) is 5.32 Å². The first-order chi connectivity index (χ1) is 29.3. The zero-order chi connectivity index (χ0) is 38.9. The van der Waals surface area contributed by atoms with Crippen molar-refractivity contribution in [2.45, 2.75) is 12.3 Å². The number of nitrogens with one attached hydrogen (secondary N) is 1. The van der Waals surface area contributed by atoms with Crippen LogP contribution in [0.3, 0.4) is 0 Å². The minimum absolute atomic E-state index is 0.0838. The summed E-state index contributed by atoms with van der Waals surface area (Å²) in [6, 6.07) is 73.1. The average Bonchev–Trinajstić information content (AvgIpc) is 3.88. The van der Waals surface area contributed by atoms with Crippen molar-refractivity contribution in [2.24, 2.45) is 0 Å². The number of hydrogen-bond acceptors (Lipinski definition) is 5. The lowest BCUT2D eigenvalue weighted by Gasteiger charge is -2.52. The summed E-state index contributed by atoms with van der Waals surface area (Å²) in [5.41, 5.74) is 12.3. The molecule has 1 saturated heterocycles. The Kier molecular flexibility index (Phi) is 7.68. The van der Waals surface area contributed by atoms with Crippen LogP contribution in [0.5, 0.6) is 0 Å². The fourth-order valence-electron chi connectivity index (χ4n) is 9.18. The molecule has 0 saturated carbocycles. The number of benzene rings is 9. The second-order valence-corrected chi connectivity index (χ2v) is 15.3. The number of nitrogens with zero attached hydrogens (tertiary/aromatic N) is 2. The molecule has 1 aliphatic rings. The first kappa shape index (κ1) is 33.5. The van der Waals surface area contributed by atoms with E-state index in [2.05, 4.69) is 209 Å². The van der Waals surface area contributed by atoms with Crippen LogP contribution in [0.15, 0.2) is 215 Å². The normalized spacial score (nSPS) is 15.4. The van der Waals surface area contributed by atoms with Crippen LogP contribution in [0.4, 0.5) is 22.7 Å². The molecule has 0 amide bonds. The standard InChI is InChI=1S/C54H37N3O2/c1-3-14-35(15-4-1)37-26-29-40(30-27-37)56(41-31-28-36-16-7-8-19-39(36)34-41)46-33-32-45(51-43-21-10-12-24-48(43)59-52(46)51)57-53(38-17-5-2-6-18-38)55-54(57)44-22-13-25-49-50(44)42-20-9-11-23-47(42)58-49/h1-34,53-55H. The highest BCUT2D eigenvalue weighted by molar-refractivity contribution is 6.17. The van der Waals surface area contributed by atoms with Gasteiger partial charge in [-0.15, -0.1) is 0 Å². The number of rotatable bonds is 7. The van der Waals surface area contributed by atoms with Gasteiger partial charge < -0.3 is 18.6 Å². The van der Waals surface area contributed by atoms with E-state index in [1.54, 1.807) is 0 Å². The summed E-state index contributed by atoms with van der Waals surface area (Å²) in [5, 5.41) is 10.7. The van der Waals surface area contributed by atoms with E-state index >= 15 is 0 Å². The van der Waals surface area contributed by atoms with Gasteiger partial charge in [0.2, 0.25) is 0 Å². The molecule has 0 aliphatic carbocycles. The van der Waals surface area contributed by atoms with Crippen molar-refractivity contribution in [1.82, 2.24) is 5.32 Å². The SMILES string of the molecule is c1ccc(-c2ccc(N(c3ccc4ccccc4c3)c3ccc(N4C(c5ccccc5)NC4c4cccc5oc6ccccc6c45)c4c3oc3ccccc34)cc2)cc1. The maximum Gasteiger partial charge on any atom is 0.161 e. The predicted octanol–water partition coefficient (Wildman–Crippen LogP) is 14.6. The molecular formula is C54H37N3O2. The third-order valence-electron chi connectivity index (χ3n) is 11.9. The molecule has 1 fully saturated rings. The van der Waals surface area contributed by atoms with Gasteiger partial charge in [-0.25, -0.2) is 0 Å². The van der Waals surface area contributed by atoms with Crippen LogP contribution in [0.25, 0.3) is 65.8 Å². The molecule has 1 N–H and O–H groups in total. The molecule has 1 aliphatic heterocycles. The van der Waals surface area contributed by atoms with E-state index in [1.807, 2.05) is 12.1 Å². The summed E-state index contributed by atoms with van der Waals surface area (Å²) >= 11 is 0. The van der Waals surface area contributed by atoms with E-state index in [1.165, 1.54) is 33.0 Å². The van der Waals surface area contributed by atoms with Gasteiger partial charge in [0.05, 0.1) is 16.8 Å². The van der Waals surface area contributed by atoms with Gasteiger partial charge in [-0.05, 0) is 82.1 Å². The molecule has 3 heterocycles. The largest absolute Gasteiger partial charge is 0.456 e. The summed E-state index contributed by atoms with van der Waals surface area (Å²) < 4.78 is 13.4. The van der Waals surface area contributed by atoms with Crippen molar-refractivity contribution in [3.63, 3.8) is 0 Å². The van der Waals surface area contributed by atoms with E-state index in [0.29, 0.717) is 0 Å². The molecule has 9 aromatic carbocycles. The molecule has 5 nitrogen and oxygen atoms in total. The average molecular weight is 760 g/mol. The number of anilines is 4. The predicted molar refractivity (Wildman–Crippen MR) is 243 cm³/mol. The van der Waals surface area contributed by atoms with Gasteiger partial charge in [0.1, 0.15) is 29.1 Å². The van der Waals surface area contributed by atoms with Crippen molar-refractivity contribution in [3.8, 4) is 11.1 Å². The third-order valence-corrected chi connectivity index (χ3v) is 11.9.